The van der Waals surface area contributed by atoms with Gasteiger partial charge in [-0.25, -0.2) is 4.79 Å². The number of amides is 1. The quantitative estimate of drug-likeness (QED) is 0.0545. The van der Waals surface area contributed by atoms with Crippen molar-refractivity contribution < 1.29 is 38.8 Å². The van der Waals surface area contributed by atoms with Gasteiger partial charge in [0, 0.05) is 31.1 Å². The van der Waals surface area contributed by atoms with E-state index in [0.29, 0.717) is 30.9 Å². The number of hydrogen-bond acceptors (Lipinski definition) is 9. The summed E-state index contributed by atoms with van der Waals surface area (Å²) >= 11 is 0. The van der Waals surface area contributed by atoms with Crippen molar-refractivity contribution in [3.05, 3.63) is 125 Å². The molecule has 61 heavy (non-hydrogen) atoms. The van der Waals surface area contributed by atoms with E-state index in [1.54, 1.807) is 11.0 Å². The molecule has 1 saturated carbocycles. The van der Waals surface area contributed by atoms with E-state index in [2.05, 4.69) is 69.0 Å². The van der Waals surface area contributed by atoms with E-state index >= 15 is 0 Å². The van der Waals surface area contributed by atoms with Crippen LogP contribution in [0, 0.1) is 31.6 Å². The summed E-state index contributed by atoms with van der Waals surface area (Å²) in [5.74, 6) is 0.216. The van der Waals surface area contributed by atoms with Crippen LogP contribution in [-0.2, 0) is 20.9 Å². The Balaban J connectivity index is 1.46. The maximum Gasteiger partial charge on any atom is 0.410 e. The Labute approximate surface area is 360 Å². The number of aliphatic hydroxyl groups excluding tert-OH is 2. The predicted octanol–water partition coefficient (Wildman–Crippen LogP) is 10.6. The van der Waals surface area contributed by atoms with Crippen molar-refractivity contribution in [1.29, 1.82) is 0 Å². The molecule has 7 rings (SSSR count). The number of aliphatic hydroxyl groups is 2. The Kier molecular flexibility index (Phi) is 14.5. The van der Waals surface area contributed by atoms with E-state index in [1.165, 1.54) is 5.56 Å². The summed E-state index contributed by atoms with van der Waals surface area (Å²) in [7, 11) is 0. The largest absolute Gasteiger partial charge is 0.459 e. The van der Waals surface area contributed by atoms with Crippen molar-refractivity contribution >= 4 is 22.6 Å². The molecule has 0 aromatic heterocycles. The first kappa shape index (κ1) is 43.9. The Morgan fingerprint density at radius 1 is 0.918 bits per heavy atom. The lowest BCUT2D eigenvalue weighted by Crippen LogP contribution is -2.70. The van der Waals surface area contributed by atoms with Gasteiger partial charge in [0.1, 0.15) is 29.9 Å². The zero-order chi connectivity index (χ0) is 42.9. The average molecular weight is 831 g/mol. The molecule has 4 aromatic carbocycles. The Hall–Kier alpha value is -5.16. The first-order valence-electron chi connectivity index (χ1n) is 22.1. The first-order valence-corrected chi connectivity index (χ1v) is 22.1. The summed E-state index contributed by atoms with van der Waals surface area (Å²) < 4.78 is 27.1. The molecule has 2 aliphatic carbocycles. The molecule has 10 nitrogen and oxygen atoms in total. The molecular formula is C51H62N2O8. The number of ether oxygens (including phenoxy) is 4. The molecule has 0 radical (unpaired) electrons. The normalized spacial score (nSPS) is 23.3. The second-order valence-corrected chi connectivity index (χ2v) is 16.5. The van der Waals surface area contributed by atoms with E-state index in [0.717, 1.165) is 70.2 Å². The van der Waals surface area contributed by atoms with E-state index in [9.17, 15) is 15.0 Å². The minimum atomic E-state index is -1.41. The van der Waals surface area contributed by atoms with Crippen molar-refractivity contribution in [2.24, 2.45) is 22.9 Å². The highest BCUT2D eigenvalue weighted by atomic mass is 16.7. The number of carbonyl (C=O) groups is 1. The highest BCUT2D eigenvalue weighted by Crippen LogP contribution is 2.62. The van der Waals surface area contributed by atoms with Gasteiger partial charge in [-0.05, 0) is 129 Å². The van der Waals surface area contributed by atoms with Gasteiger partial charge < -0.3 is 34.0 Å². The molecule has 0 spiro atoms. The van der Waals surface area contributed by atoms with Crippen molar-refractivity contribution in [3.63, 3.8) is 0 Å². The number of nitrogens with zero attached hydrogens (tertiary/aromatic N) is 2. The van der Waals surface area contributed by atoms with Crippen LogP contribution in [0.1, 0.15) is 87.0 Å². The Morgan fingerprint density at radius 3 is 2.43 bits per heavy atom. The van der Waals surface area contributed by atoms with Gasteiger partial charge in [0.25, 0.3) is 0 Å². The van der Waals surface area contributed by atoms with Crippen molar-refractivity contribution in [1.82, 2.24) is 4.90 Å². The fourth-order valence-electron chi connectivity index (χ4n) is 9.89. The molecule has 4 aromatic rings. The minimum Gasteiger partial charge on any atom is -0.459 e. The van der Waals surface area contributed by atoms with Crippen molar-refractivity contribution in [2.75, 3.05) is 33.0 Å². The fourth-order valence-corrected chi connectivity index (χ4v) is 9.89. The van der Waals surface area contributed by atoms with Crippen LogP contribution in [0.4, 0.5) is 4.79 Å². The minimum absolute atomic E-state index is 0.0754. The molecule has 2 N–H and O–H groups in total. The van der Waals surface area contributed by atoms with Gasteiger partial charge in [-0.15, -0.1) is 6.58 Å². The van der Waals surface area contributed by atoms with Gasteiger partial charge in [-0.2, -0.15) is 0 Å². The molecule has 3 aliphatic rings. The number of carbonyl (C=O) groups excluding carboxylic acids is 1. The number of fused-ring (bicyclic) bond motifs is 3. The topological polar surface area (TPSA) is 119 Å². The van der Waals surface area contributed by atoms with Crippen molar-refractivity contribution in [3.8, 4) is 17.2 Å². The summed E-state index contributed by atoms with van der Waals surface area (Å²) in [4.78, 5) is 22.3. The molecule has 1 fully saturated rings. The van der Waals surface area contributed by atoms with Gasteiger partial charge in [-0.1, -0.05) is 78.7 Å². The summed E-state index contributed by atoms with van der Waals surface area (Å²) in [5, 5.41) is 26.8. The highest BCUT2D eigenvalue weighted by Gasteiger charge is 2.65. The van der Waals surface area contributed by atoms with Crippen LogP contribution in [0.2, 0.25) is 0 Å². The summed E-state index contributed by atoms with van der Waals surface area (Å²) in [5.41, 5.74) is 6.00. The third-order valence-electron chi connectivity index (χ3n) is 12.8. The number of hydrogen-bond donors (Lipinski definition) is 2. The molecule has 6 atom stereocenters. The molecule has 0 saturated heterocycles. The summed E-state index contributed by atoms with van der Waals surface area (Å²) in [6.07, 6.45) is 8.59. The van der Waals surface area contributed by atoms with E-state index in [1.807, 2.05) is 50.2 Å². The summed E-state index contributed by atoms with van der Waals surface area (Å²) in [6.45, 7) is 13.1. The van der Waals surface area contributed by atoms with Gasteiger partial charge in [0.05, 0.1) is 31.4 Å². The van der Waals surface area contributed by atoms with Crippen LogP contribution in [-0.4, -0.2) is 71.8 Å². The first-order chi connectivity index (χ1) is 29.8. The lowest BCUT2D eigenvalue weighted by atomic mass is 9.55. The lowest BCUT2D eigenvalue weighted by molar-refractivity contribution is -0.256. The average Bonchev–Trinajstić information content (AvgIpc) is 3.27. The third kappa shape index (κ3) is 9.22. The number of unbranched alkanes of at least 4 members (excludes halogenated alkanes) is 2. The van der Waals surface area contributed by atoms with Gasteiger partial charge in [0.15, 0.2) is 0 Å². The summed E-state index contributed by atoms with van der Waals surface area (Å²) in [6, 6.07) is 25.8. The SMILES string of the molecule is C=CCOC12Oc3ccc(Oc4ccc(C)c(C)c4)cc3C3C(CCCCO)C(CCCCO)C=C(C(=NOCC)CC1N(Cc1cccc4ccccc14)C(=O)OCC)C32. The number of benzene rings is 4. The predicted molar refractivity (Wildman–Crippen MR) is 239 cm³/mol. The van der Waals surface area contributed by atoms with E-state index < -0.39 is 23.8 Å². The smallest absolute Gasteiger partial charge is 0.410 e. The Morgan fingerprint density at radius 2 is 1.67 bits per heavy atom. The molecule has 10 heteroatoms. The van der Waals surface area contributed by atoms with Crippen LogP contribution < -0.4 is 9.47 Å². The maximum atomic E-state index is 14.6. The van der Waals surface area contributed by atoms with Crippen LogP contribution in [0.3, 0.4) is 0 Å². The van der Waals surface area contributed by atoms with Gasteiger partial charge in [-0.3, -0.25) is 4.90 Å². The highest BCUT2D eigenvalue weighted by molar-refractivity contribution is 6.03. The third-order valence-corrected chi connectivity index (χ3v) is 12.8. The molecular weight excluding hydrogens is 769 g/mol. The van der Waals surface area contributed by atoms with Crippen LogP contribution in [0.25, 0.3) is 10.8 Å². The van der Waals surface area contributed by atoms with E-state index in [-0.39, 0.29) is 57.1 Å². The number of allylic oxidation sites excluding steroid dienone is 1. The number of rotatable bonds is 19. The lowest BCUT2D eigenvalue weighted by Gasteiger charge is -2.59. The molecule has 6 unspecified atom stereocenters. The van der Waals surface area contributed by atoms with Gasteiger partial charge in [0.2, 0.25) is 5.79 Å². The van der Waals surface area contributed by atoms with Crippen LogP contribution in [0.5, 0.6) is 17.2 Å². The second-order valence-electron chi connectivity index (χ2n) is 16.5. The molecule has 1 heterocycles. The second kappa shape index (κ2) is 20.1. The Bertz CT molecular complexity index is 2210. The zero-order valence-electron chi connectivity index (χ0n) is 36.2. The molecule has 324 valence electrons. The fraction of sp³-hybridized carbons (Fsp3) is 0.451. The van der Waals surface area contributed by atoms with Crippen LogP contribution >= 0.6 is 0 Å². The van der Waals surface area contributed by atoms with Crippen LogP contribution in [0.15, 0.2) is 108 Å². The van der Waals surface area contributed by atoms with Gasteiger partial charge >= 0.3 is 6.09 Å². The number of oxime groups is 1. The number of aryl methyl sites for hydroxylation is 2. The molecule has 1 aliphatic heterocycles. The standard InChI is InChI=1S/C51H62N2O8/c1-6-28-58-51-47(53(50(56)57-7-2)33-38-19-15-18-36-16-9-10-20-41(36)38)32-45(52-59-8-3)43-30-37(17-11-13-26-54)42(21-12-14-27-55)48(49(43)51)44-31-40(24-25-46(44)61-51)60-39-23-22-34(4)35(5)29-39/h6,9-10,15-16,18-20,22-25,29-31,37,42,47-49,54-55H,1,7-8,11-14,17,21,26-28,32-33H2,2-5H3. The molecule has 0 bridgehead atoms. The zero-order valence-corrected chi connectivity index (χ0v) is 36.2. The van der Waals surface area contributed by atoms with Crippen molar-refractivity contribution in [2.45, 2.75) is 96.9 Å². The van der Waals surface area contributed by atoms with E-state index in [4.69, 9.17) is 28.9 Å². The monoisotopic (exact) mass is 830 g/mol. The maximum absolute atomic E-state index is 14.6. The molecule has 1 amide bonds.